The SMILES string of the molecule is CC(c1cccnc1)N1CCC(CCC(=O)O)CC1. The van der Waals surface area contributed by atoms with Gasteiger partial charge in [0.1, 0.15) is 0 Å². The van der Waals surface area contributed by atoms with E-state index in [1.54, 1.807) is 6.20 Å². The standard InChI is InChI=1S/C15H22N2O2/c1-12(14-3-2-8-16-11-14)17-9-6-13(7-10-17)4-5-15(18)19/h2-3,8,11-13H,4-7,9-10H2,1H3,(H,18,19). The van der Waals surface area contributed by atoms with E-state index >= 15 is 0 Å². The number of aliphatic carboxylic acids is 1. The number of pyridine rings is 1. The molecule has 0 bridgehead atoms. The first-order valence-electron chi connectivity index (χ1n) is 7.02. The minimum atomic E-state index is -0.675. The van der Waals surface area contributed by atoms with E-state index < -0.39 is 5.97 Å². The van der Waals surface area contributed by atoms with E-state index in [1.165, 1.54) is 5.56 Å². The lowest BCUT2D eigenvalue weighted by Crippen LogP contribution is -2.35. The van der Waals surface area contributed by atoms with Crippen LogP contribution in [0.4, 0.5) is 0 Å². The molecular weight excluding hydrogens is 240 g/mol. The van der Waals surface area contributed by atoms with Crippen LogP contribution in [0.3, 0.4) is 0 Å². The first kappa shape index (κ1) is 14.0. The van der Waals surface area contributed by atoms with E-state index in [0.29, 0.717) is 18.4 Å². The van der Waals surface area contributed by atoms with E-state index in [2.05, 4.69) is 22.9 Å². The summed E-state index contributed by atoms with van der Waals surface area (Å²) in [5, 5.41) is 8.72. The molecule has 1 unspecified atom stereocenters. The van der Waals surface area contributed by atoms with Crippen LogP contribution in [0.25, 0.3) is 0 Å². The fourth-order valence-electron chi connectivity index (χ4n) is 2.79. The number of nitrogens with zero attached hydrogens (tertiary/aromatic N) is 2. The summed E-state index contributed by atoms with van der Waals surface area (Å²) in [7, 11) is 0. The van der Waals surface area contributed by atoms with E-state index in [9.17, 15) is 4.79 Å². The molecule has 1 aromatic rings. The van der Waals surface area contributed by atoms with Crippen LogP contribution in [-0.2, 0) is 4.79 Å². The number of carbonyl (C=O) groups is 1. The van der Waals surface area contributed by atoms with Gasteiger partial charge in [0.2, 0.25) is 0 Å². The lowest BCUT2D eigenvalue weighted by molar-refractivity contribution is -0.137. The predicted molar refractivity (Wildman–Crippen MR) is 73.8 cm³/mol. The third-order valence-corrected chi connectivity index (χ3v) is 4.13. The Morgan fingerprint density at radius 3 is 2.84 bits per heavy atom. The van der Waals surface area contributed by atoms with Gasteiger partial charge >= 0.3 is 5.97 Å². The van der Waals surface area contributed by atoms with Gasteiger partial charge in [-0.1, -0.05) is 6.07 Å². The molecule has 4 heteroatoms. The average Bonchev–Trinajstić information content (AvgIpc) is 2.46. The zero-order valence-corrected chi connectivity index (χ0v) is 11.5. The molecule has 0 spiro atoms. The van der Waals surface area contributed by atoms with Crippen molar-refractivity contribution in [1.82, 2.24) is 9.88 Å². The zero-order chi connectivity index (χ0) is 13.7. The van der Waals surface area contributed by atoms with Crippen LogP contribution in [0.1, 0.15) is 44.2 Å². The fourth-order valence-corrected chi connectivity index (χ4v) is 2.79. The fraction of sp³-hybridized carbons (Fsp3) is 0.600. The number of likely N-dealkylation sites (tertiary alicyclic amines) is 1. The summed E-state index contributed by atoms with van der Waals surface area (Å²) >= 11 is 0. The van der Waals surface area contributed by atoms with Crippen molar-refractivity contribution in [2.24, 2.45) is 5.92 Å². The van der Waals surface area contributed by atoms with Crippen molar-refractivity contribution in [3.63, 3.8) is 0 Å². The van der Waals surface area contributed by atoms with Gasteiger partial charge in [0, 0.05) is 24.9 Å². The number of hydrogen-bond donors (Lipinski definition) is 1. The third-order valence-electron chi connectivity index (χ3n) is 4.13. The maximum absolute atomic E-state index is 10.6. The first-order valence-corrected chi connectivity index (χ1v) is 7.02. The number of carboxylic acids is 1. The van der Waals surface area contributed by atoms with Crippen molar-refractivity contribution < 1.29 is 9.90 Å². The first-order chi connectivity index (χ1) is 9.16. The highest BCUT2D eigenvalue weighted by atomic mass is 16.4. The molecule has 0 radical (unpaired) electrons. The van der Waals surface area contributed by atoms with Gasteiger partial charge in [-0.15, -0.1) is 0 Å². The quantitative estimate of drug-likeness (QED) is 0.886. The predicted octanol–water partition coefficient (Wildman–Crippen LogP) is 2.72. The number of piperidine rings is 1. The molecule has 2 heterocycles. The smallest absolute Gasteiger partial charge is 0.303 e. The van der Waals surface area contributed by atoms with Gasteiger partial charge in [-0.2, -0.15) is 0 Å². The molecule has 104 valence electrons. The summed E-state index contributed by atoms with van der Waals surface area (Å²) in [6, 6.07) is 4.49. The lowest BCUT2D eigenvalue weighted by Gasteiger charge is -2.36. The summed E-state index contributed by atoms with van der Waals surface area (Å²) in [5.74, 6) is -0.0976. The highest BCUT2D eigenvalue weighted by Crippen LogP contribution is 2.28. The molecule has 1 aromatic heterocycles. The Balaban J connectivity index is 1.81. The average molecular weight is 262 g/mol. The molecule has 4 nitrogen and oxygen atoms in total. The van der Waals surface area contributed by atoms with Crippen LogP contribution in [0.5, 0.6) is 0 Å². The molecule has 1 aliphatic rings. The summed E-state index contributed by atoms with van der Waals surface area (Å²) in [6.45, 7) is 4.33. The molecule has 2 rings (SSSR count). The largest absolute Gasteiger partial charge is 0.481 e. The summed E-state index contributed by atoms with van der Waals surface area (Å²) in [6.07, 6.45) is 7.08. The third kappa shape index (κ3) is 4.03. The van der Waals surface area contributed by atoms with Crippen LogP contribution in [0.2, 0.25) is 0 Å². The van der Waals surface area contributed by atoms with Crippen LogP contribution in [0, 0.1) is 5.92 Å². The minimum absolute atomic E-state index is 0.308. The Morgan fingerprint density at radius 1 is 1.53 bits per heavy atom. The Hall–Kier alpha value is -1.42. The molecule has 19 heavy (non-hydrogen) atoms. The summed E-state index contributed by atoms with van der Waals surface area (Å²) in [5.41, 5.74) is 1.26. The Kier molecular flexibility index (Phi) is 4.91. The van der Waals surface area contributed by atoms with E-state index in [4.69, 9.17) is 5.11 Å². The highest BCUT2D eigenvalue weighted by Gasteiger charge is 2.23. The Bertz CT molecular complexity index is 400. The highest BCUT2D eigenvalue weighted by molar-refractivity contribution is 5.66. The van der Waals surface area contributed by atoms with Crippen LogP contribution in [0.15, 0.2) is 24.5 Å². The lowest BCUT2D eigenvalue weighted by atomic mass is 9.91. The van der Waals surface area contributed by atoms with Gasteiger partial charge in [0.05, 0.1) is 0 Å². The van der Waals surface area contributed by atoms with Crippen molar-refractivity contribution >= 4 is 5.97 Å². The zero-order valence-electron chi connectivity index (χ0n) is 11.5. The van der Waals surface area contributed by atoms with Gasteiger partial charge < -0.3 is 5.11 Å². The van der Waals surface area contributed by atoms with Crippen molar-refractivity contribution in [3.8, 4) is 0 Å². The molecule has 1 N–H and O–H groups in total. The molecule has 0 aromatic carbocycles. The second kappa shape index (κ2) is 6.66. The second-order valence-corrected chi connectivity index (χ2v) is 5.37. The van der Waals surface area contributed by atoms with Crippen molar-refractivity contribution in [2.45, 2.75) is 38.6 Å². The monoisotopic (exact) mass is 262 g/mol. The number of aromatic nitrogens is 1. The van der Waals surface area contributed by atoms with E-state index in [-0.39, 0.29) is 0 Å². The van der Waals surface area contributed by atoms with Crippen LogP contribution < -0.4 is 0 Å². The molecule has 0 saturated carbocycles. The molecule has 0 aliphatic carbocycles. The van der Waals surface area contributed by atoms with Gasteiger partial charge in [0.25, 0.3) is 0 Å². The number of hydrogen-bond acceptors (Lipinski definition) is 3. The number of carboxylic acid groups (broad SMARTS) is 1. The normalized spacial score (nSPS) is 19.2. The molecule has 1 aliphatic heterocycles. The van der Waals surface area contributed by atoms with E-state index in [0.717, 1.165) is 32.4 Å². The summed E-state index contributed by atoms with van der Waals surface area (Å²) < 4.78 is 0. The van der Waals surface area contributed by atoms with E-state index in [1.807, 2.05) is 12.3 Å². The van der Waals surface area contributed by atoms with Gasteiger partial charge in [-0.3, -0.25) is 14.7 Å². The molecule has 1 atom stereocenters. The Labute approximate surface area is 114 Å². The van der Waals surface area contributed by atoms with Crippen molar-refractivity contribution in [2.75, 3.05) is 13.1 Å². The Morgan fingerprint density at radius 2 is 2.26 bits per heavy atom. The van der Waals surface area contributed by atoms with Crippen molar-refractivity contribution in [1.29, 1.82) is 0 Å². The topological polar surface area (TPSA) is 53.4 Å². The van der Waals surface area contributed by atoms with Gasteiger partial charge in [-0.25, -0.2) is 0 Å². The second-order valence-electron chi connectivity index (χ2n) is 5.37. The van der Waals surface area contributed by atoms with Crippen LogP contribution >= 0.6 is 0 Å². The van der Waals surface area contributed by atoms with Crippen LogP contribution in [-0.4, -0.2) is 34.0 Å². The minimum Gasteiger partial charge on any atom is -0.481 e. The molecule has 1 fully saturated rings. The molecule has 0 amide bonds. The maximum atomic E-state index is 10.6. The molecular formula is C15H22N2O2. The maximum Gasteiger partial charge on any atom is 0.303 e. The summed E-state index contributed by atoms with van der Waals surface area (Å²) in [4.78, 5) is 17.2. The van der Waals surface area contributed by atoms with Gasteiger partial charge in [0.15, 0.2) is 0 Å². The number of rotatable bonds is 5. The van der Waals surface area contributed by atoms with Gasteiger partial charge in [-0.05, 0) is 56.8 Å². The van der Waals surface area contributed by atoms with Crippen molar-refractivity contribution in [3.05, 3.63) is 30.1 Å². The molecule has 1 saturated heterocycles.